The highest BCUT2D eigenvalue weighted by molar-refractivity contribution is 6.20. The zero-order valence-electron chi connectivity index (χ0n) is 19.3. The highest BCUT2D eigenvalue weighted by atomic mass is 16.3. The van der Waals surface area contributed by atoms with E-state index in [2.05, 4.69) is 43.6 Å². The summed E-state index contributed by atoms with van der Waals surface area (Å²) in [6.45, 7) is 8.48. The summed E-state index contributed by atoms with van der Waals surface area (Å²) in [4.78, 5) is 36.8. The van der Waals surface area contributed by atoms with Crippen LogP contribution in [-0.4, -0.2) is 17.5 Å². The van der Waals surface area contributed by atoms with E-state index in [1.54, 1.807) is 12.1 Å². The molecule has 2 rings (SSSR count). The van der Waals surface area contributed by atoms with Crippen molar-refractivity contribution < 1.29 is 18.8 Å². The second kappa shape index (κ2) is 12.4. The quantitative estimate of drug-likeness (QED) is 0.295. The molecule has 1 heterocycles. The maximum atomic E-state index is 12.3. The molecule has 0 spiro atoms. The molecule has 0 saturated heterocycles. The normalized spacial score (nSPS) is 14.6. The van der Waals surface area contributed by atoms with E-state index in [0.29, 0.717) is 5.76 Å². The molecule has 6 nitrogen and oxygen atoms in total. The third kappa shape index (κ3) is 8.76. The van der Waals surface area contributed by atoms with Crippen LogP contribution in [0.3, 0.4) is 0 Å². The second-order valence-electron chi connectivity index (χ2n) is 8.17. The zero-order chi connectivity index (χ0) is 23.5. The number of carbonyl (C=O) groups excluding carboxylic acids is 3. The molecule has 1 aromatic rings. The minimum Gasteiger partial charge on any atom is -0.467 e. The second-order valence-corrected chi connectivity index (χ2v) is 8.17. The molecule has 6 heteroatoms. The average molecular weight is 437 g/mol. The SMILES string of the molecule is CC(C)=CCCC(C)=CCCC(C)=CC(=O)NC1=CC(=O)C(NCc2ccco2)=CC1=O. The fourth-order valence-corrected chi connectivity index (χ4v) is 3.09. The fraction of sp³-hybridized carbons (Fsp3) is 0.346. The van der Waals surface area contributed by atoms with Crippen LogP contribution in [0.2, 0.25) is 0 Å². The van der Waals surface area contributed by atoms with Gasteiger partial charge in [-0.15, -0.1) is 0 Å². The maximum absolute atomic E-state index is 12.3. The predicted octanol–water partition coefficient (Wildman–Crippen LogP) is 4.82. The van der Waals surface area contributed by atoms with E-state index in [1.807, 2.05) is 6.92 Å². The van der Waals surface area contributed by atoms with E-state index in [9.17, 15) is 14.4 Å². The van der Waals surface area contributed by atoms with Crippen LogP contribution in [-0.2, 0) is 20.9 Å². The van der Waals surface area contributed by atoms with Gasteiger partial charge in [0.15, 0.2) is 0 Å². The first kappa shape index (κ1) is 24.9. The molecular weight excluding hydrogens is 404 g/mol. The van der Waals surface area contributed by atoms with E-state index in [-0.39, 0.29) is 23.7 Å². The molecule has 0 bridgehead atoms. The molecule has 170 valence electrons. The molecule has 1 aliphatic rings. The van der Waals surface area contributed by atoms with Gasteiger partial charge in [-0.05, 0) is 65.5 Å². The van der Waals surface area contributed by atoms with Crippen molar-refractivity contribution in [1.29, 1.82) is 0 Å². The average Bonchev–Trinajstić information content (AvgIpc) is 3.22. The van der Waals surface area contributed by atoms with Crippen molar-refractivity contribution in [1.82, 2.24) is 10.6 Å². The van der Waals surface area contributed by atoms with E-state index >= 15 is 0 Å². The van der Waals surface area contributed by atoms with Crippen LogP contribution in [0.1, 0.15) is 59.1 Å². The summed E-state index contributed by atoms with van der Waals surface area (Å²) in [5.41, 5.74) is 3.71. The van der Waals surface area contributed by atoms with Crippen molar-refractivity contribution in [3.8, 4) is 0 Å². The lowest BCUT2D eigenvalue weighted by atomic mass is 10.1. The summed E-state index contributed by atoms with van der Waals surface area (Å²) in [7, 11) is 0. The van der Waals surface area contributed by atoms with Gasteiger partial charge in [0.25, 0.3) is 0 Å². The van der Waals surface area contributed by atoms with Crippen LogP contribution in [0.15, 0.2) is 81.3 Å². The third-order valence-corrected chi connectivity index (χ3v) is 4.87. The van der Waals surface area contributed by atoms with E-state index in [4.69, 9.17) is 4.42 Å². The lowest BCUT2D eigenvalue weighted by Crippen LogP contribution is -2.31. The van der Waals surface area contributed by atoms with E-state index in [0.717, 1.165) is 37.3 Å². The topological polar surface area (TPSA) is 88.4 Å². The summed E-state index contributed by atoms with van der Waals surface area (Å²) in [5.74, 6) is -0.575. The number of allylic oxidation sites excluding steroid dienone is 7. The first-order valence-corrected chi connectivity index (χ1v) is 10.8. The van der Waals surface area contributed by atoms with Gasteiger partial charge in [-0.2, -0.15) is 0 Å². The van der Waals surface area contributed by atoms with Gasteiger partial charge in [-0.1, -0.05) is 28.9 Å². The van der Waals surface area contributed by atoms with Crippen molar-refractivity contribution in [2.24, 2.45) is 0 Å². The van der Waals surface area contributed by atoms with Gasteiger partial charge in [-0.25, -0.2) is 0 Å². The summed E-state index contributed by atoms with van der Waals surface area (Å²) >= 11 is 0. The Hall–Kier alpha value is -3.41. The van der Waals surface area contributed by atoms with E-state index < -0.39 is 11.7 Å². The van der Waals surface area contributed by atoms with Crippen LogP contribution >= 0.6 is 0 Å². The molecule has 32 heavy (non-hydrogen) atoms. The number of hydrogen-bond acceptors (Lipinski definition) is 5. The summed E-state index contributed by atoms with van der Waals surface area (Å²) < 4.78 is 5.19. The molecule has 0 unspecified atom stereocenters. The Morgan fingerprint density at radius 2 is 1.59 bits per heavy atom. The van der Waals surface area contributed by atoms with Gasteiger partial charge < -0.3 is 15.1 Å². The Morgan fingerprint density at radius 3 is 2.28 bits per heavy atom. The van der Waals surface area contributed by atoms with Crippen molar-refractivity contribution in [2.75, 3.05) is 0 Å². The Labute approximate surface area is 189 Å². The van der Waals surface area contributed by atoms with Gasteiger partial charge in [0.2, 0.25) is 17.5 Å². The molecule has 0 atom stereocenters. The summed E-state index contributed by atoms with van der Waals surface area (Å²) in [6, 6.07) is 3.51. The van der Waals surface area contributed by atoms with Crippen LogP contribution in [0.25, 0.3) is 0 Å². The van der Waals surface area contributed by atoms with Crippen LogP contribution < -0.4 is 10.6 Å². The molecule has 0 saturated carbocycles. The lowest BCUT2D eigenvalue weighted by Gasteiger charge is -2.13. The predicted molar refractivity (Wildman–Crippen MR) is 125 cm³/mol. The number of nitrogens with one attached hydrogen (secondary N) is 2. The molecule has 0 aromatic carbocycles. The minimum atomic E-state index is -0.430. The largest absolute Gasteiger partial charge is 0.467 e. The first-order valence-electron chi connectivity index (χ1n) is 10.8. The molecule has 2 N–H and O–H groups in total. The Morgan fingerprint density at radius 1 is 0.938 bits per heavy atom. The zero-order valence-corrected chi connectivity index (χ0v) is 19.3. The number of carbonyl (C=O) groups is 3. The Balaban J connectivity index is 1.82. The van der Waals surface area contributed by atoms with E-state index in [1.165, 1.54) is 29.6 Å². The number of ketones is 2. The molecule has 0 fully saturated rings. The number of amides is 1. The van der Waals surface area contributed by atoms with Crippen molar-refractivity contribution in [2.45, 2.75) is 59.9 Å². The number of rotatable bonds is 11. The standard InChI is InChI=1S/C26H32N2O4/c1-18(2)8-5-9-19(3)10-6-11-20(4)14-26(31)28-23-16-24(29)22(15-25(23)30)27-17-21-12-7-13-32-21/h7-8,10,12-16,27H,5-6,9,11,17H2,1-4H3,(H,28,31). The molecule has 1 aromatic heterocycles. The maximum Gasteiger partial charge on any atom is 0.248 e. The molecule has 1 aliphatic carbocycles. The Kier molecular flexibility index (Phi) is 9.67. The first-order chi connectivity index (χ1) is 15.2. The molecular formula is C26H32N2O4. The molecule has 1 amide bonds. The smallest absolute Gasteiger partial charge is 0.248 e. The molecule has 0 aliphatic heterocycles. The van der Waals surface area contributed by atoms with Gasteiger partial charge in [-0.3, -0.25) is 14.4 Å². The van der Waals surface area contributed by atoms with Crippen molar-refractivity contribution >= 4 is 17.5 Å². The minimum absolute atomic E-state index is 0.0254. The van der Waals surface area contributed by atoms with Gasteiger partial charge in [0, 0.05) is 18.2 Å². The van der Waals surface area contributed by atoms with Crippen LogP contribution in [0.5, 0.6) is 0 Å². The number of furan rings is 1. The van der Waals surface area contributed by atoms with Crippen molar-refractivity contribution in [3.05, 3.63) is 82.6 Å². The fourth-order valence-electron chi connectivity index (χ4n) is 3.09. The van der Waals surface area contributed by atoms with Gasteiger partial charge >= 0.3 is 0 Å². The monoisotopic (exact) mass is 436 g/mol. The summed E-state index contributed by atoms with van der Waals surface area (Å²) in [5, 5.41) is 5.40. The highest BCUT2D eigenvalue weighted by Gasteiger charge is 2.21. The summed E-state index contributed by atoms with van der Waals surface area (Å²) in [6.07, 6.45) is 13.4. The van der Waals surface area contributed by atoms with Crippen LogP contribution in [0, 0.1) is 0 Å². The highest BCUT2D eigenvalue weighted by Crippen LogP contribution is 2.12. The third-order valence-electron chi connectivity index (χ3n) is 4.87. The van der Waals surface area contributed by atoms with Crippen molar-refractivity contribution in [3.63, 3.8) is 0 Å². The van der Waals surface area contributed by atoms with Crippen LogP contribution in [0.4, 0.5) is 0 Å². The number of hydrogen-bond donors (Lipinski definition) is 2. The Bertz CT molecular complexity index is 985. The lowest BCUT2D eigenvalue weighted by molar-refractivity contribution is -0.119. The van der Waals surface area contributed by atoms with Gasteiger partial charge in [0.1, 0.15) is 5.76 Å². The molecule has 0 radical (unpaired) electrons. The van der Waals surface area contributed by atoms with Gasteiger partial charge in [0.05, 0.1) is 24.2 Å².